The summed E-state index contributed by atoms with van der Waals surface area (Å²) >= 11 is 0. The molecule has 0 saturated carbocycles. The third-order valence-electron chi connectivity index (χ3n) is 2.75. The van der Waals surface area contributed by atoms with Crippen LogP contribution in [0.4, 0.5) is 0 Å². The van der Waals surface area contributed by atoms with Gasteiger partial charge in [0.15, 0.2) is 6.29 Å². The van der Waals surface area contributed by atoms with Crippen LogP contribution in [0.3, 0.4) is 0 Å². The fraction of sp³-hybridized carbons (Fsp3) is 1.00. The summed E-state index contributed by atoms with van der Waals surface area (Å²) in [4.78, 5) is 2.44. The molecule has 0 spiro atoms. The molecule has 2 saturated heterocycles. The summed E-state index contributed by atoms with van der Waals surface area (Å²) in [6, 6.07) is 0. The first-order valence-corrected chi connectivity index (χ1v) is 5.41. The number of hydrogen-bond acceptors (Lipinski definition) is 3. The van der Waals surface area contributed by atoms with Gasteiger partial charge in [-0.1, -0.05) is 0 Å². The highest BCUT2D eigenvalue weighted by Crippen LogP contribution is 2.12. The molecular formula is C10H19NO2. The van der Waals surface area contributed by atoms with Crippen LogP contribution in [-0.2, 0) is 9.47 Å². The minimum absolute atomic E-state index is 0.0422. The average Bonchev–Trinajstić information content (AvgIpc) is 2.49. The molecule has 2 rings (SSSR count). The Labute approximate surface area is 80.0 Å². The van der Waals surface area contributed by atoms with Crippen molar-refractivity contribution in [1.29, 1.82) is 0 Å². The molecule has 13 heavy (non-hydrogen) atoms. The zero-order valence-electron chi connectivity index (χ0n) is 8.21. The van der Waals surface area contributed by atoms with E-state index in [0.29, 0.717) is 0 Å². The minimum Gasteiger partial charge on any atom is -0.351 e. The van der Waals surface area contributed by atoms with E-state index in [1.165, 1.54) is 25.9 Å². The predicted molar refractivity (Wildman–Crippen MR) is 50.6 cm³/mol. The van der Waals surface area contributed by atoms with E-state index in [1.807, 2.05) is 0 Å². The first-order valence-electron chi connectivity index (χ1n) is 5.41. The van der Waals surface area contributed by atoms with E-state index < -0.39 is 0 Å². The maximum Gasteiger partial charge on any atom is 0.170 e. The van der Waals surface area contributed by atoms with Crippen LogP contribution in [0.25, 0.3) is 0 Å². The number of nitrogens with zero attached hydrogens (tertiary/aromatic N) is 1. The van der Waals surface area contributed by atoms with Crippen molar-refractivity contribution in [2.75, 3.05) is 32.8 Å². The van der Waals surface area contributed by atoms with Crippen molar-refractivity contribution in [3.8, 4) is 0 Å². The van der Waals surface area contributed by atoms with Crippen LogP contribution in [0.5, 0.6) is 0 Å². The first kappa shape index (κ1) is 9.44. The number of rotatable bonds is 2. The summed E-state index contributed by atoms with van der Waals surface area (Å²) in [5, 5.41) is 0. The van der Waals surface area contributed by atoms with Crippen LogP contribution < -0.4 is 0 Å². The van der Waals surface area contributed by atoms with Crippen LogP contribution in [0.1, 0.15) is 25.7 Å². The van der Waals surface area contributed by atoms with E-state index in [0.717, 1.165) is 32.6 Å². The van der Waals surface area contributed by atoms with Crippen LogP contribution in [0.2, 0.25) is 0 Å². The van der Waals surface area contributed by atoms with Gasteiger partial charge in [-0.3, -0.25) is 4.90 Å². The van der Waals surface area contributed by atoms with Gasteiger partial charge in [-0.15, -0.1) is 0 Å². The van der Waals surface area contributed by atoms with Crippen molar-refractivity contribution in [3.63, 3.8) is 0 Å². The van der Waals surface area contributed by atoms with Crippen molar-refractivity contribution in [1.82, 2.24) is 4.90 Å². The lowest BCUT2D eigenvalue weighted by molar-refractivity contribution is -0.136. The van der Waals surface area contributed by atoms with Crippen molar-refractivity contribution in [2.24, 2.45) is 0 Å². The standard InChI is InChI=1S/C10H19NO2/c1-2-6-11(5-1)9-10-12-7-3-4-8-13-10/h10H,1-9H2. The molecule has 0 aromatic heterocycles. The fourth-order valence-corrected chi connectivity index (χ4v) is 1.96. The minimum atomic E-state index is 0.0422. The molecular weight excluding hydrogens is 166 g/mol. The highest BCUT2D eigenvalue weighted by Gasteiger charge is 2.19. The van der Waals surface area contributed by atoms with E-state index in [-0.39, 0.29) is 6.29 Å². The zero-order valence-corrected chi connectivity index (χ0v) is 8.21. The van der Waals surface area contributed by atoms with Gasteiger partial charge in [0.05, 0.1) is 0 Å². The molecule has 2 aliphatic heterocycles. The topological polar surface area (TPSA) is 21.7 Å². The smallest absolute Gasteiger partial charge is 0.170 e. The van der Waals surface area contributed by atoms with Crippen LogP contribution in [0, 0.1) is 0 Å². The molecule has 0 aromatic rings. The van der Waals surface area contributed by atoms with Crippen molar-refractivity contribution in [3.05, 3.63) is 0 Å². The van der Waals surface area contributed by atoms with Crippen molar-refractivity contribution >= 4 is 0 Å². The molecule has 0 aliphatic carbocycles. The molecule has 0 bridgehead atoms. The number of hydrogen-bond donors (Lipinski definition) is 0. The first-order chi connectivity index (χ1) is 6.45. The van der Waals surface area contributed by atoms with Crippen molar-refractivity contribution < 1.29 is 9.47 Å². The Kier molecular flexibility index (Phi) is 3.58. The third kappa shape index (κ3) is 2.93. The monoisotopic (exact) mass is 185 g/mol. The van der Waals surface area contributed by atoms with E-state index in [9.17, 15) is 0 Å². The van der Waals surface area contributed by atoms with Crippen molar-refractivity contribution in [2.45, 2.75) is 32.0 Å². The Morgan fingerprint density at radius 1 is 0.923 bits per heavy atom. The summed E-state index contributed by atoms with van der Waals surface area (Å²) < 4.78 is 11.2. The Morgan fingerprint density at radius 2 is 1.54 bits per heavy atom. The van der Waals surface area contributed by atoms with Crippen LogP contribution >= 0.6 is 0 Å². The Morgan fingerprint density at radius 3 is 2.15 bits per heavy atom. The lowest BCUT2D eigenvalue weighted by atomic mass is 10.3. The SMILES string of the molecule is C1CCOC(CN2CCCC2)OC1. The molecule has 0 amide bonds. The molecule has 2 heterocycles. The molecule has 0 aromatic carbocycles. The molecule has 0 atom stereocenters. The lowest BCUT2D eigenvalue weighted by Crippen LogP contribution is -2.33. The normalized spacial score (nSPS) is 27.7. The zero-order chi connectivity index (χ0) is 8.93. The largest absolute Gasteiger partial charge is 0.351 e. The molecule has 0 radical (unpaired) electrons. The summed E-state index contributed by atoms with van der Waals surface area (Å²) in [5.74, 6) is 0. The average molecular weight is 185 g/mol. The second-order valence-electron chi connectivity index (χ2n) is 3.89. The van der Waals surface area contributed by atoms with Crippen LogP contribution in [-0.4, -0.2) is 44.0 Å². The molecule has 2 aliphatic rings. The van der Waals surface area contributed by atoms with Gasteiger partial charge in [0, 0.05) is 19.8 Å². The highest BCUT2D eigenvalue weighted by atomic mass is 16.7. The van der Waals surface area contributed by atoms with Gasteiger partial charge in [-0.2, -0.15) is 0 Å². The van der Waals surface area contributed by atoms with Gasteiger partial charge >= 0.3 is 0 Å². The van der Waals surface area contributed by atoms with Gasteiger partial charge < -0.3 is 9.47 Å². The second kappa shape index (κ2) is 4.94. The van der Waals surface area contributed by atoms with E-state index in [4.69, 9.17) is 9.47 Å². The van der Waals surface area contributed by atoms with Gasteiger partial charge in [0.1, 0.15) is 0 Å². The Bertz CT molecular complexity index is 138. The predicted octanol–water partition coefficient (Wildman–Crippen LogP) is 1.24. The Balaban J connectivity index is 1.71. The summed E-state index contributed by atoms with van der Waals surface area (Å²) in [7, 11) is 0. The molecule has 3 heteroatoms. The fourth-order valence-electron chi connectivity index (χ4n) is 1.96. The lowest BCUT2D eigenvalue weighted by Gasteiger charge is -2.21. The number of ether oxygens (including phenoxy) is 2. The highest BCUT2D eigenvalue weighted by molar-refractivity contribution is 4.68. The molecule has 0 unspecified atom stereocenters. The summed E-state index contributed by atoms with van der Waals surface area (Å²) in [6.07, 6.45) is 5.02. The maximum absolute atomic E-state index is 5.60. The Hall–Kier alpha value is -0.120. The van der Waals surface area contributed by atoms with E-state index >= 15 is 0 Å². The van der Waals surface area contributed by atoms with Gasteiger partial charge in [0.2, 0.25) is 0 Å². The second-order valence-corrected chi connectivity index (χ2v) is 3.89. The quantitative estimate of drug-likeness (QED) is 0.646. The maximum atomic E-state index is 5.60. The van der Waals surface area contributed by atoms with Gasteiger partial charge in [0.25, 0.3) is 0 Å². The summed E-state index contributed by atoms with van der Waals surface area (Å²) in [5.41, 5.74) is 0. The molecule has 3 nitrogen and oxygen atoms in total. The van der Waals surface area contributed by atoms with Gasteiger partial charge in [-0.05, 0) is 38.8 Å². The van der Waals surface area contributed by atoms with E-state index in [1.54, 1.807) is 0 Å². The number of likely N-dealkylation sites (tertiary alicyclic amines) is 1. The third-order valence-corrected chi connectivity index (χ3v) is 2.75. The van der Waals surface area contributed by atoms with Gasteiger partial charge in [-0.25, -0.2) is 0 Å². The molecule has 0 N–H and O–H groups in total. The molecule has 76 valence electrons. The summed E-state index contributed by atoms with van der Waals surface area (Å²) in [6.45, 7) is 5.17. The van der Waals surface area contributed by atoms with E-state index in [2.05, 4.69) is 4.90 Å². The molecule has 2 fully saturated rings. The van der Waals surface area contributed by atoms with Crippen LogP contribution in [0.15, 0.2) is 0 Å².